The molecular formula is C17H20ClF3N2O2. The molecule has 1 aliphatic heterocycles. The van der Waals surface area contributed by atoms with Crippen molar-refractivity contribution in [3.05, 3.63) is 35.4 Å². The van der Waals surface area contributed by atoms with Crippen LogP contribution in [0.3, 0.4) is 0 Å². The molecule has 0 aliphatic carbocycles. The Kier molecular flexibility index (Phi) is 6.70. The van der Waals surface area contributed by atoms with Gasteiger partial charge in [-0.25, -0.2) is 0 Å². The van der Waals surface area contributed by atoms with Crippen LogP contribution < -0.4 is 5.32 Å². The fourth-order valence-electron chi connectivity index (χ4n) is 2.74. The summed E-state index contributed by atoms with van der Waals surface area (Å²) in [5.74, 6) is 0.0989. The molecule has 2 amide bonds. The number of nitrogens with zero attached hydrogens (tertiary/aromatic N) is 1. The standard InChI is InChI=1S/C17H20ClF3N2O2/c18-9-1-2-15(24)22-14-7-10-23(11-8-14)16(25)12-3-5-13(6-4-12)17(19,20)21/h3-6,14H,1-2,7-11H2,(H,22,24). The summed E-state index contributed by atoms with van der Waals surface area (Å²) in [5.41, 5.74) is -0.542. The van der Waals surface area contributed by atoms with Crippen molar-refractivity contribution in [2.45, 2.75) is 37.9 Å². The molecule has 0 saturated carbocycles. The minimum atomic E-state index is -4.42. The number of alkyl halides is 4. The lowest BCUT2D eigenvalue weighted by molar-refractivity contribution is -0.137. The van der Waals surface area contributed by atoms with Crippen LogP contribution in [0.25, 0.3) is 0 Å². The number of amides is 2. The van der Waals surface area contributed by atoms with Gasteiger partial charge >= 0.3 is 6.18 Å². The second kappa shape index (κ2) is 8.56. The van der Waals surface area contributed by atoms with Gasteiger partial charge in [-0.2, -0.15) is 13.2 Å². The Hall–Kier alpha value is -1.76. The first-order chi connectivity index (χ1) is 11.8. The van der Waals surface area contributed by atoms with Gasteiger partial charge in [-0.1, -0.05) is 0 Å². The fourth-order valence-corrected chi connectivity index (χ4v) is 2.87. The Morgan fingerprint density at radius 1 is 1.16 bits per heavy atom. The molecule has 1 saturated heterocycles. The molecule has 1 aromatic rings. The first-order valence-corrected chi connectivity index (χ1v) is 8.66. The van der Waals surface area contributed by atoms with Gasteiger partial charge in [-0.05, 0) is 43.5 Å². The summed E-state index contributed by atoms with van der Waals surface area (Å²) in [5, 5.41) is 2.92. The van der Waals surface area contributed by atoms with E-state index in [4.69, 9.17) is 11.6 Å². The molecular weight excluding hydrogens is 357 g/mol. The third-order valence-electron chi connectivity index (χ3n) is 4.14. The third kappa shape index (κ3) is 5.63. The van der Waals surface area contributed by atoms with Crippen molar-refractivity contribution in [3.8, 4) is 0 Å². The molecule has 1 N–H and O–H groups in total. The van der Waals surface area contributed by atoms with Crippen molar-refractivity contribution < 1.29 is 22.8 Å². The number of likely N-dealkylation sites (tertiary alicyclic amines) is 1. The van der Waals surface area contributed by atoms with Gasteiger partial charge < -0.3 is 10.2 Å². The lowest BCUT2D eigenvalue weighted by Gasteiger charge is -2.32. The van der Waals surface area contributed by atoms with Crippen LogP contribution in [0.1, 0.15) is 41.6 Å². The molecule has 1 aliphatic rings. The molecule has 0 spiro atoms. The van der Waals surface area contributed by atoms with Crippen LogP contribution in [-0.4, -0.2) is 41.7 Å². The van der Waals surface area contributed by atoms with E-state index in [2.05, 4.69) is 5.32 Å². The molecule has 0 radical (unpaired) electrons. The van der Waals surface area contributed by atoms with Gasteiger partial charge in [0.15, 0.2) is 0 Å². The third-order valence-corrected chi connectivity index (χ3v) is 4.41. The summed E-state index contributed by atoms with van der Waals surface area (Å²) in [6.07, 6.45) is -2.16. The average Bonchev–Trinajstić information content (AvgIpc) is 2.59. The number of benzene rings is 1. The largest absolute Gasteiger partial charge is 0.416 e. The summed E-state index contributed by atoms with van der Waals surface area (Å²) in [6.45, 7) is 0.917. The van der Waals surface area contributed by atoms with Crippen LogP contribution in [-0.2, 0) is 11.0 Å². The SMILES string of the molecule is O=C(CCCCl)NC1CCN(C(=O)c2ccc(C(F)(F)F)cc2)CC1. The smallest absolute Gasteiger partial charge is 0.353 e. The zero-order valence-electron chi connectivity index (χ0n) is 13.6. The molecule has 2 rings (SSSR count). The minimum absolute atomic E-state index is 0.0134. The summed E-state index contributed by atoms with van der Waals surface area (Å²) < 4.78 is 37.7. The minimum Gasteiger partial charge on any atom is -0.353 e. The quantitative estimate of drug-likeness (QED) is 0.800. The Morgan fingerprint density at radius 2 is 1.76 bits per heavy atom. The van der Waals surface area contributed by atoms with Gasteiger partial charge in [0.1, 0.15) is 0 Å². The molecule has 0 atom stereocenters. The van der Waals surface area contributed by atoms with Crippen molar-refractivity contribution in [3.63, 3.8) is 0 Å². The van der Waals surface area contributed by atoms with E-state index in [1.165, 1.54) is 12.1 Å². The van der Waals surface area contributed by atoms with Crippen LogP contribution in [0.2, 0.25) is 0 Å². The van der Waals surface area contributed by atoms with E-state index >= 15 is 0 Å². The highest BCUT2D eigenvalue weighted by atomic mass is 35.5. The molecule has 138 valence electrons. The zero-order valence-corrected chi connectivity index (χ0v) is 14.4. The molecule has 4 nitrogen and oxygen atoms in total. The number of rotatable bonds is 5. The van der Waals surface area contributed by atoms with Crippen molar-refractivity contribution in [2.24, 2.45) is 0 Å². The first-order valence-electron chi connectivity index (χ1n) is 8.13. The van der Waals surface area contributed by atoms with Crippen LogP contribution >= 0.6 is 11.6 Å². The molecule has 0 aromatic heterocycles. The molecule has 1 aromatic carbocycles. The maximum Gasteiger partial charge on any atom is 0.416 e. The van der Waals surface area contributed by atoms with Crippen molar-refractivity contribution in [1.29, 1.82) is 0 Å². The highest BCUT2D eigenvalue weighted by Crippen LogP contribution is 2.29. The molecule has 0 unspecified atom stereocenters. The Morgan fingerprint density at radius 3 is 2.28 bits per heavy atom. The van der Waals surface area contributed by atoms with E-state index in [0.29, 0.717) is 44.7 Å². The summed E-state index contributed by atoms with van der Waals surface area (Å²) in [7, 11) is 0. The van der Waals surface area contributed by atoms with Crippen LogP contribution in [0.15, 0.2) is 24.3 Å². The maximum absolute atomic E-state index is 12.6. The normalized spacial score (nSPS) is 15.9. The number of carbonyl (C=O) groups excluding carboxylic acids is 2. The number of hydrogen-bond acceptors (Lipinski definition) is 2. The number of piperidine rings is 1. The van der Waals surface area contributed by atoms with E-state index in [1.54, 1.807) is 4.90 Å². The Balaban J connectivity index is 1.86. The topological polar surface area (TPSA) is 49.4 Å². The Labute approximate surface area is 149 Å². The highest BCUT2D eigenvalue weighted by molar-refractivity contribution is 6.17. The van der Waals surface area contributed by atoms with Crippen molar-refractivity contribution in [1.82, 2.24) is 10.2 Å². The van der Waals surface area contributed by atoms with Crippen LogP contribution in [0, 0.1) is 0 Å². The number of halogens is 4. The van der Waals surface area contributed by atoms with Gasteiger partial charge in [0.05, 0.1) is 5.56 Å². The lowest BCUT2D eigenvalue weighted by atomic mass is 10.0. The number of hydrogen-bond donors (Lipinski definition) is 1. The predicted molar refractivity (Wildman–Crippen MR) is 88.5 cm³/mol. The summed E-state index contributed by atoms with van der Waals surface area (Å²) in [4.78, 5) is 25.7. The molecule has 0 bridgehead atoms. The molecule has 8 heteroatoms. The molecule has 1 heterocycles. The van der Waals surface area contributed by atoms with E-state index in [1.807, 2.05) is 0 Å². The predicted octanol–water partition coefficient (Wildman–Crippen LogP) is 3.45. The summed E-state index contributed by atoms with van der Waals surface area (Å²) in [6, 6.07) is 4.24. The zero-order chi connectivity index (χ0) is 18.4. The van der Waals surface area contributed by atoms with Gasteiger partial charge in [-0.15, -0.1) is 11.6 Å². The van der Waals surface area contributed by atoms with Gasteiger partial charge in [-0.3, -0.25) is 9.59 Å². The second-order valence-corrected chi connectivity index (χ2v) is 6.38. The fraction of sp³-hybridized carbons (Fsp3) is 0.529. The van der Waals surface area contributed by atoms with E-state index in [-0.39, 0.29) is 23.4 Å². The summed E-state index contributed by atoms with van der Waals surface area (Å²) >= 11 is 5.55. The maximum atomic E-state index is 12.6. The van der Waals surface area contributed by atoms with E-state index in [0.717, 1.165) is 12.1 Å². The number of carbonyl (C=O) groups is 2. The van der Waals surface area contributed by atoms with Gasteiger partial charge in [0, 0.05) is 37.0 Å². The molecule has 25 heavy (non-hydrogen) atoms. The van der Waals surface area contributed by atoms with Crippen molar-refractivity contribution >= 4 is 23.4 Å². The lowest BCUT2D eigenvalue weighted by Crippen LogP contribution is -2.46. The average molecular weight is 377 g/mol. The Bertz CT molecular complexity index is 597. The second-order valence-electron chi connectivity index (χ2n) is 6.00. The van der Waals surface area contributed by atoms with E-state index in [9.17, 15) is 22.8 Å². The number of nitrogens with one attached hydrogen (secondary N) is 1. The highest BCUT2D eigenvalue weighted by Gasteiger charge is 2.31. The van der Waals surface area contributed by atoms with Crippen LogP contribution in [0.5, 0.6) is 0 Å². The first kappa shape index (κ1) is 19.6. The molecule has 1 fully saturated rings. The van der Waals surface area contributed by atoms with Gasteiger partial charge in [0.25, 0.3) is 5.91 Å². The monoisotopic (exact) mass is 376 g/mol. The van der Waals surface area contributed by atoms with Crippen LogP contribution in [0.4, 0.5) is 13.2 Å². The van der Waals surface area contributed by atoms with E-state index < -0.39 is 11.7 Å². The van der Waals surface area contributed by atoms with Crippen molar-refractivity contribution in [2.75, 3.05) is 19.0 Å². The van der Waals surface area contributed by atoms with Gasteiger partial charge in [0.2, 0.25) is 5.91 Å².